The summed E-state index contributed by atoms with van der Waals surface area (Å²) in [7, 11) is 0.968. The first-order valence-corrected chi connectivity index (χ1v) is 16.0. The number of nitrogens with zero attached hydrogens (tertiary/aromatic N) is 1. The number of quaternary nitrogens is 1. The molecule has 0 saturated heterocycles. The second-order valence-electron chi connectivity index (χ2n) is 11.4. The Labute approximate surface area is 217 Å². The van der Waals surface area contributed by atoms with E-state index >= 15 is 0 Å². The minimum absolute atomic E-state index is 0.0566. The minimum Gasteiger partial charge on any atom is -0.373 e. The van der Waals surface area contributed by atoms with Gasteiger partial charge < -0.3 is 19.4 Å². The molecule has 1 atom stereocenters. The average Bonchev–Trinajstić information content (AvgIpc) is 2.75. The summed E-state index contributed by atoms with van der Waals surface area (Å²) >= 11 is 0. The molecule has 0 aromatic heterocycles. The zero-order valence-corrected chi connectivity index (χ0v) is 24.5. The van der Waals surface area contributed by atoms with Gasteiger partial charge in [0, 0.05) is 0 Å². The zero-order valence-electron chi connectivity index (χ0n) is 23.6. The van der Waals surface area contributed by atoms with E-state index < -0.39 is 12.9 Å². The summed E-state index contributed by atoms with van der Waals surface area (Å²) in [6.07, 6.45) is 31.3. The van der Waals surface area contributed by atoms with Crippen molar-refractivity contribution in [2.75, 3.05) is 27.7 Å². The van der Waals surface area contributed by atoms with Gasteiger partial charge in [-0.2, -0.15) is 0 Å². The lowest BCUT2D eigenvalue weighted by Gasteiger charge is -2.35. The predicted octanol–water partition coefficient (Wildman–Crippen LogP) is 8.10. The van der Waals surface area contributed by atoms with E-state index in [1.807, 2.05) is 21.1 Å². The summed E-state index contributed by atoms with van der Waals surface area (Å²) in [6, 6.07) is 0. The van der Waals surface area contributed by atoms with Gasteiger partial charge in [-0.25, -0.2) is 0 Å². The first-order chi connectivity index (χ1) is 16.5. The highest BCUT2D eigenvalue weighted by atomic mass is 31.2. The van der Waals surface area contributed by atoms with Crippen molar-refractivity contribution in [2.45, 2.75) is 134 Å². The summed E-state index contributed by atoms with van der Waals surface area (Å²) in [4.78, 5) is 19.2. The smallest absolute Gasteiger partial charge is 0.362 e. The Morgan fingerprint density at radius 3 is 1.34 bits per heavy atom. The van der Waals surface area contributed by atoms with Gasteiger partial charge in [-0.1, -0.05) is 89.0 Å². The molecule has 0 fully saturated rings. The summed E-state index contributed by atoms with van der Waals surface area (Å²) in [6.45, 7) is 2.32. The minimum atomic E-state index is -4.55. The molecule has 0 aromatic carbocycles. The SMILES string of the molecule is CCCCCCC/C=C\CCCC/C=C\CCCCCCCCCC(O)(C[N+](C)(C)C)P(=O)(O)O. The molecule has 0 spiro atoms. The van der Waals surface area contributed by atoms with E-state index in [1.54, 1.807) is 0 Å². The number of hydrogen-bond donors (Lipinski definition) is 3. The third-order valence-electron chi connectivity index (χ3n) is 6.52. The molecule has 0 aromatic rings. The van der Waals surface area contributed by atoms with Crippen molar-refractivity contribution in [1.82, 2.24) is 0 Å². The van der Waals surface area contributed by atoms with Crippen LogP contribution in [0.25, 0.3) is 0 Å². The van der Waals surface area contributed by atoms with Crippen LogP contribution in [0.3, 0.4) is 0 Å². The van der Waals surface area contributed by atoms with Gasteiger partial charge in [0.1, 0.15) is 6.54 Å². The van der Waals surface area contributed by atoms with Gasteiger partial charge in [0.2, 0.25) is 5.34 Å². The van der Waals surface area contributed by atoms with Gasteiger partial charge in [-0.15, -0.1) is 0 Å². The number of likely N-dealkylation sites (N-methyl/N-ethyl adjacent to an activating group) is 1. The van der Waals surface area contributed by atoms with Crippen LogP contribution in [0.15, 0.2) is 24.3 Å². The molecular formula is C29H59NO4P+. The van der Waals surface area contributed by atoms with E-state index in [1.165, 1.54) is 83.5 Å². The van der Waals surface area contributed by atoms with E-state index in [0.29, 0.717) is 10.9 Å². The second-order valence-corrected chi connectivity index (χ2v) is 13.3. The van der Waals surface area contributed by atoms with E-state index in [4.69, 9.17) is 0 Å². The molecule has 0 radical (unpaired) electrons. The summed E-state index contributed by atoms with van der Waals surface area (Å²) in [5.41, 5.74) is 0. The lowest BCUT2D eigenvalue weighted by atomic mass is 10.0. The van der Waals surface area contributed by atoms with E-state index in [9.17, 15) is 19.5 Å². The van der Waals surface area contributed by atoms with E-state index in [2.05, 4.69) is 31.2 Å². The van der Waals surface area contributed by atoms with Crippen LogP contribution in [0.2, 0.25) is 0 Å². The largest absolute Gasteiger partial charge is 0.373 e. The van der Waals surface area contributed by atoms with Crippen LogP contribution < -0.4 is 0 Å². The van der Waals surface area contributed by atoms with Gasteiger partial charge in [0.05, 0.1) is 21.1 Å². The number of aliphatic hydroxyl groups is 1. The fourth-order valence-corrected chi connectivity index (χ4v) is 5.55. The number of unbranched alkanes of at least 4 members (excludes halogenated alkanes) is 15. The molecule has 0 bridgehead atoms. The fourth-order valence-electron chi connectivity index (χ4n) is 4.49. The maximum absolute atomic E-state index is 11.8. The van der Waals surface area contributed by atoms with Crippen molar-refractivity contribution in [3.05, 3.63) is 24.3 Å². The molecule has 35 heavy (non-hydrogen) atoms. The Balaban J connectivity index is 3.58. The van der Waals surface area contributed by atoms with Crippen LogP contribution >= 0.6 is 7.60 Å². The molecule has 208 valence electrons. The first-order valence-electron chi connectivity index (χ1n) is 14.4. The molecule has 0 aliphatic heterocycles. The normalized spacial score (nSPS) is 14.8. The van der Waals surface area contributed by atoms with Gasteiger partial charge in [-0.05, 0) is 64.2 Å². The highest BCUT2D eigenvalue weighted by molar-refractivity contribution is 7.53. The quantitative estimate of drug-likeness (QED) is 0.0524. The zero-order chi connectivity index (χ0) is 26.5. The maximum atomic E-state index is 11.8. The van der Waals surface area contributed by atoms with E-state index in [0.717, 1.165) is 25.7 Å². The molecule has 0 aliphatic carbocycles. The third-order valence-corrected chi connectivity index (χ3v) is 7.97. The van der Waals surface area contributed by atoms with Crippen molar-refractivity contribution in [3.63, 3.8) is 0 Å². The number of rotatable bonds is 24. The van der Waals surface area contributed by atoms with E-state index in [-0.39, 0.29) is 13.0 Å². The van der Waals surface area contributed by atoms with Crippen LogP contribution in [0.1, 0.15) is 129 Å². The van der Waals surface area contributed by atoms with Crippen molar-refractivity contribution in [1.29, 1.82) is 0 Å². The highest BCUT2D eigenvalue weighted by Gasteiger charge is 2.48. The van der Waals surface area contributed by atoms with Crippen molar-refractivity contribution >= 4 is 7.60 Å². The van der Waals surface area contributed by atoms with Crippen molar-refractivity contribution in [2.24, 2.45) is 0 Å². The number of hydrogen-bond acceptors (Lipinski definition) is 2. The molecule has 3 N–H and O–H groups in total. The van der Waals surface area contributed by atoms with Gasteiger partial charge in [-0.3, -0.25) is 4.57 Å². The van der Waals surface area contributed by atoms with Crippen LogP contribution in [-0.2, 0) is 4.57 Å². The standard InChI is InChI=1S/C29H58NO4P/c1-5-6-7-8-9-10-11-12-13-14-15-16-17-18-19-20-21-22-23-24-25-26-27-29(31,35(32,33)34)28-30(2,3)4/h11-12,17-18,31H,5-10,13-16,19-28H2,1-4H3,(H-,32,33,34)/p+1/b12-11-,18-17-. The molecule has 0 rings (SSSR count). The summed E-state index contributed by atoms with van der Waals surface area (Å²) in [5, 5.41) is 8.65. The highest BCUT2D eigenvalue weighted by Crippen LogP contribution is 2.52. The molecule has 5 nitrogen and oxygen atoms in total. The fraction of sp³-hybridized carbons (Fsp3) is 0.862. The Morgan fingerprint density at radius 2 is 0.971 bits per heavy atom. The lowest BCUT2D eigenvalue weighted by Crippen LogP contribution is -2.49. The van der Waals surface area contributed by atoms with Gasteiger partial charge in [0.25, 0.3) is 0 Å². The van der Waals surface area contributed by atoms with Gasteiger partial charge in [0.15, 0.2) is 0 Å². The number of allylic oxidation sites excluding steroid dienone is 4. The molecule has 0 heterocycles. The maximum Gasteiger partial charge on any atom is 0.362 e. The first kappa shape index (κ1) is 34.6. The Bertz CT molecular complexity index is 594. The average molecular weight is 517 g/mol. The Kier molecular flexibility index (Phi) is 20.3. The predicted molar refractivity (Wildman–Crippen MR) is 152 cm³/mol. The second kappa shape index (κ2) is 20.6. The summed E-state index contributed by atoms with van der Waals surface area (Å²) in [5.74, 6) is 0. The van der Waals surface area contributed by atoms with Crippen molar-refractivity contribution in [3.8, 4) is 0 Å². The van der Waals surface area contributed by atoms with Gasteiger partial charge >= 0.3 is 7.60 Å². The molecule has 6 heteroatoms. The molecule has 0 amide bonds. The Morgan fingerprint density at radius 1 is 0.629 bits per heavy atom. The molecule has 0 saturated carbocycles. The lowest BCUT2D eigenvalue weighted by molar-refractivity contribution is -0.875. The van der Waals surface area contributed by atoms with Crippen LogP contribution in [0.5, 0.6) is 0 Å². The van der Waals surface area contributed by atoms with Crippen LogP contribution in [0, 0.1) is 0 Å². The van der Waals surface area contributed by atoms with Crippen LogP contribution in [-0.4, -0.2) is 52.4 Å². The summed E-state index contributed by atoms with van der Waals surface area (Å²) < 4.78 is 12.1. The molecule has 0 aliphatic rings. The third kappa shape index (κ3) is 21.4. The Hall–Kier alpha value is -0.450. The topological polar surface area (TPSA) is 77.8 Å². The molecule has 1 unspecified atom stereocenters. The monoisotopic (exact) mass is 516 g/mol. The van der Waals surface area contributed by atoms with Crippen molar-refractivity contribution < 1.29 is 23.9 Å². The van der Waals surface area contributed by atoms with Crippen LogP contribution in [0.4, 0.5) is 0 Å². The molecular weight excluding hydrogens is 457 g/mol.